The molecule has 5 nitrogen and oxygen atoms in total. The fourth-order valence-corrected chi connectivity index (χ4v) is 3.93. The summed E-state index contributed by atoms with van der Waals surface area (Å²) in [6.07, 6.45) is 1.15. The van der Waals surface area contributed by atoms with Gasteiger partial charge in [-0.05, 0) is 55.8 Å². The molecule has 2 heterocycles. The van der Waals surface area contributed by atoms with Crippen molar-refractivity contribution in [3.05, 3.63) is 16.7 Å². The molecule has 1 aromatic rings. The Morgan fingerprint density at radius 3 is 2.05 bits per heavy atom. The van der Waals surface area contributed by atoms with E-state index >= 15 is 0 Å². The van der Waals surface area contributed by atoms with Gasteiger partial charge in [0, 0.05) is 0 Å². The number of rotatable bonds is 2. The molecule has 0 saturated carbocycles. The molecule has 19 heavy (non-hydrogen) atoms. The summed E-state index contributed by atoms with van der Waals surface area (Å²) in [5.41, 5.74) is -0.541. The van der Waals surface area contributed by atoms with Gasteiger partial charge in [-0.25, -0.2) is 12.4 Å². The molecule has 1 fully saturated rings. The van der Waals surface area contributed by atoms with Crippen molar-refractivity contribution in [1.29, 1.82) is 0 Å². The van der Waals surface area contributed by atoms with E-state index in [1.54, 1.807) is 12.1 Å². The van der Waals surface area contributed by atoms with Gasteiger partial charge in [-0.15, -0.1) is 0 Å². The van der Waals surface area contributed by atoms with Crippen molar-refractivity contribution in [1.82, 2.24) is 3.97 Å². The van der Waals surface area contributed by atoms with E-state index in [1.165, 1.54) is 3.97 Å². The van der Waals surface area contributed by atoms with Gasteiger partial charge < -0.3 is 9.31 Å². The zero-order chi connectivity index (χ0) is 14.6. The summed E-state index contributed by atoms with van der Waals surface area (Å²) in [7, 11) is -4.13. The Labute approximate surface area is 122 Å². The molecule has 0 N–H and O–H groups in total. The normalized spacial score (nSPS) is 21.9. The van der Waals surface area contributed by atoms with Crippen LogP contribution in [0, 0.1) is 0 Å². The van der Waals surface area contributed by atoms with Crippen molar-refractivity contribution in [3.8, 4) is 0 Å². The van der Waals surface area contributed by atoms with Crippen LogP contribution in [0.5, 0.6) is 0 Å². The Balaban J connectivity index is 2.47. The summed E-state index contributed by atoms with van der Waals surface area (Å²) in [6.45, 7) is 7.71. The lowest BCUT2D eigenvalue weighted by Gasteiger charge is -2.32. The van der Waals surface area contributed by atoms with Crippen molar-refractivity contribution in [2.24, 2.45) is 0 Å². The third-order valence-corrected chi connectivity index (χ3v) is 5.57. The first kappa shape index (κ1) is 15.1. The van der Waals surface area contributed by atoms with E-state index < -0.39 is 28.3 Å². The molecule has 106 valence electrons. The lowest BCUT2D eigenvalue weighted by atomic mass is 9.85. The van der Waals surface area contributed by atoms with Crippen molar-refractivity contribution < 1.29 is 17.7 Å². The van der Waals surface area contributed by atoms with Crippen LogP contribution in [0.1, 0.15) is 27.7 Å². The highest BCUT2D eigenvalue weighted by molar-refractivity contribution is 9.10. The summed E-state index contributed by atoms with van der Waals surface area (Å²) in [5, 5.41) is 0. The van der Waals surface area contributed by atoms with Gasteiger partial charge >= 0.3 is 7.12 Å². The Morgan fingerprint density at radius 1 is 1.16 bits per heavy atom. The van der Waals surface area contributed by atoms with Crippen LogP contribution in [0.3, 0.4) is 0 Å². The van der Waals surface area contributed by atoms with Gasteiger partial charge in [0.1, 0.15) is 0 Å². The Morgan fingerprint density at radius 2 is 1.63 bits per heavy atom. The highest BCUT2D eigenvalue weighted by Crippen LogP contribution is 2.36. The van der Waals surface area contributed by atoms with E-state index in [-0.39, 0.29) is 0 Å². The summed E-state index contributed by atoms with van der Waals surface area (Å²) >= 11 is 3.23. The monoisotopic (exact) mass is 349 g/mol. The molecule has 0 aliphatic carbocycles. The molecular weight excluding hydrogens is 333 g/mol. The van der Waals surface area contributed by atoms with E-state index in [2.05, 4.69) is 15.9 Å². The van der Waals surface area contributed by atoms with Gasteiger partial charge in [-0.3, -0.25) is 0 Å². The third kappa shape index (κ3) is 2.51. The van der Waals surface area contributed by atoms with Crippen LogP contribution in [0.2, 0.25) is 0 Å². The molecule has 0 unspecified atom stereocenters. The molecule has 1 saturated heterocycles. The van der Waals surface area contributed by atoms with Crippen LogP contribution in [-0.4, -0.2) is 37.0 Å². The van der Waals surface area contributed by atoms with Crippen molar-refractivity contribution in [2.45, 2.75) is 38.9 Å². The zero-order valence-electron chi connectivity index (χ0n) is 11.6. The smallest absolute Gasteiger partial charge is 0.398 e. The molecule has 0 radical (unpaired) electrons. The quantitative estimate of drug-likeness (QED) is 0.756. The minimum absolute atomic E-state index is 0.458. The molecule has 8 heteroatoms. The second-order valence-corrected chi connectivity index (χ2v) is 8.34. The molecule has 1 aliphatic rings. The topological polar surface area (TPSA) is 57.5 Å². The fraction of sp³-hybridized carbons (Fsp3) is 0.636. The fourth-order valence-electron chi connectivity index (χ4n) is 1.90. The zero-order valence-corrected chi connectivity index (χ0v) is 14.0. The maximum atomic E-state index is 11.8. The molecule has 0 amide bonds. The largest absolute Gasteiger partial charge is 0.513 e. The Hall–Kier alpha value is -0.305. The maximum absolute atomic E-state index is 11.8. The van der Waals surface area contributed by atoms with Crippen molar-refractivity contribution in [2.75, 3.05) is 6.26 Å². The molecule has 0 bridgehead atoms. The van der Waals surface area contributed by atoms with Gasteiger partial charge in [0.15, 0.2) is 0 Å². The highest BCUT2D eigenvalue weighted by Gasteiger charge is 2.53. The first-order chi connectivity index (χ1) is 8.46. The van der Waals surface area contributed by atoms with Crippen LogP contribution < -0.4 is 5.59 Å². The summed E-state index contributed by atoms with van der Waals surface area (Å²) in [5.74, 6) is 0. The number of hydrogen-bond acceptors (Lipinski definition) is 4. The molecular formula is C11H17BBrNO4S. The summed E-state index contributed by atoms with van der Waals surface area (Å²) in [6, 6.07) is 3.36. The van der Waals surface area contributed by atoms with E-state index in [9.17, 15) is 8.42 Å². The van der Waals surface area contributed by atoms with Crippen molar-refractivity contribution in [3.63, 3.8) is 0 Å². The lowest BCUT2D eigenvalue weighted by molar-refractivity contribution is 0.00578. The Bertz CT molecular complexity index is 592. The second-order valence-electron chi connectivity index (χ2n) is 5.70. The number of nitrogens with zero attached hydrogens (tertiary/aromatic N) is 1. The summed E-state index contributed by atoms with van der Waals surface area (Å²) < 4.78 is 37.1. The first-order valence-corrected chi connectivity index (χ1v) is 8.53. The van der Waals surface area contributed by atoms with E-state index in [0.717, 1.165) is 6.26 Å². The maximum Gasteiger partial charge on any atom is 0.513 e. The van der Waals surface area contributed by atoms with Crippen LogP contribution in [0.4, 0.5) is 0 Å². The molecule has 0 aromatic carbocycles. The number of halogens is 1. The van der Waals surface area contributed by atoms with Crippen LogP contribution >= 0.6 is 15.9 Å². The van der Waals surface area contributed by atoms with Gasteiger partial charge in [0.05, 0.1) is 27.7 Å². The number of aromatic nitrogens is 1. The molecule has 0 atom stereocenters. The van der Waals surface area contributed by atoms with Gasteiger partial charge in [0.2, 0.25) is 10.0 Å². The minimum Gasteiger partial charge on any atom is -0.398 e. The number of hydrogen-bond donors (Lipinski definition) is 0. The highest BCUT2D eigenvalue weighted by atomic mass is 79.9. The lowest BCUT2D eigenvalue weighted by Crippen LogP contribution is -2.41. The van der Waals surface area contributed by atoms with Crippen molar-refractivity contribution >= 4 is 38.7 Å². The predicted molar refractivity (Wildman–Crippen MR) is 78.1 cm³/mol. The predicted octanol–water partition coefficient (Wildman–Crippen LogP) is 1.36. The van der Waals surface area contributed by atoms with E-state index in [4.69, 9.17) is 9.31 Å². The minimum atomic E-state index is -3.42. The van der Waals surface area contributed by atoms with Gasteiger partial charge in [-0.1, -0.05) is 0 Å². The molecule has 1 aliphatic heterocycles. The summed E-state index contributed by atoms with van der Waals surface area (Å²) in [4.78, 5) is 0. The van der Waals surface area contributed by atoms with Crippen LogP contribution in [0.15, 0.2) is 16.7 Å². The van der Waals surface area contributed by atoms with Crippen LogP contribution in [0.25, 0.3) is 0 Å². The average molecular weight is 350 g/mol. The second kappa shape index (κ2) is 4.34. The molecule has 1 aromatic heterocycles. The molecule has 0 spiro atoms. The third-order valence-electron chi connectivity index (χ3n) is 3.65. The van der Waals surface area contributed by atoms with E-state index in [1.807, 2.05) is 27.7 Å². The molecule has 2 rings (SSSR count). The standard InChI is InChI=1S/C11H17BBrNO4S/c1-10(2)11(3,4)18-12(17-10)8-6-7-9(13)14(8)19(5,15)16/h6-7H,1-5H3. The van der Waals surface area contributed by atoms with E-state index in [0.29, 0.717) is 10.2 Å². The SMILES string of the molecule is CC1(C)OB(c2ccc(Br)n2S(C)(=O)=O)OC1(C)C. The Kier molecular flexibility index (Phi) is 3.45. The van der Waals surface area contributed by atoms with Gasteiger partial charge in [-0.2, -0.15) is 0 Å². The van der Waals surface area contributed by atoms with Crippen LogP contribution in [-0.2, 0) is 19.3 Å². The average Bonchev–Trinajstić information content (AvgIpc) is 2.65. The first-order valence-electron chi connectivity index (χ1n) is 5.89. The van der Waals surface area contributed by atoms with Gasteiger partial charge in [0.25, 0.3) is 0 Å².